The van der Waals surface area contributed by atoms with E-state index in [1.165, 1.54) is 51.4 Å². The molecule has 0 aliphatic carbocycles. The fourth-order valence-electron chi connectivity index (χ4n) is 2.65. The minimum Gasteiger partial charge on any atom is -0.362 e. The summed E-state index contributed by atoms with van der Waals surface area (Å²) < 4.78 is 13.7. The smallest absolute Gasteiger partial charge is 0.206 e. The van der Waals surface area contributed by atoms with Gasteiger partial charge in [0.1, 0.15) is 0 Å². The quantitative estimate of drug-likeness (QED) is 0.339. The molecular weight excluding hydrogens is 251 g/mol. The second kappa shape index (κ2) is 13.9. The Bertz CT molecular complexity index is 192. The van der Waals surface area contributed by atoms with Gasteiger partial charge in [-0.05, 0) is 12.8 Å². The van der Waals surface area contributed by atoms with Gasteiger partial charge >= 0.3 is 0 Å². The molecule has 20 heavy (non-hydrogen) atoms. The predicted molar refractivity (Wildman–Crippen MR) is 86.7 cm³/mol. The molecule has 1 atom stereocenters. The molecule has 2 heteroatoms. The third-order valence-corrected chi connectivity index (χ3v) is 4.08. The second-order valence-corrected chi connectivity index (χ2v) is 6.31. The van der Waals surface area contributed by atoms with Crippen molar-refractivity contribution in [3.63, 3.8) is 0 Å². The maximum atomic E-state index is 13.7. The Morgan fingerprint density at radius 2 is 0.900 bits per heavy atom. The van der Waals surface area contributed by atoms with Crippen LogP contribution in [0.15, 0.2) is 0 Å². The zero-order valence-corrected chi connectivity index (χ0v) is 13.9. The average Bonchev–Trinajstić information content (AvgIpc) is 2.41. The lowest BCUT2D eigenvalue weighted by atomic mass is 10.0. The number of unbranched alkanes of at least 4 members (excludes halogenated alkanes) is 11. The summed E-state index contributed by atoms with van der Waals surface area (Å²) in [6.45, 7) is 4.34. The summed E-state index contributed by atoms with van der Waals surface area (Å²) >= 11 is 0. The topological polar surface area (TPSA) is 20.2 Å². The van der Waals surface area contributed by atoms with E-state index in [2.05, 4.69) is 13.8 Å². The molecule has 1 N–H and O–H groups in total. The van der Waals surface area contributed by atoms with Crippen molar-refractivity contribution in [3.05, 3.63) is 0 Å². The number of rotatable bonds is 15. The Labute approximate surface area is 126 Å². The molecule has 0 heterocycles. The first-order valence-corrected chi connectivity index (χ1v) is 9.03. The van der Waals surface area contributed by atoms with Crippen LogP contribution in [0.25, 0.3) is 0 Å². The van der Waals surface area contributed by atoms with Crippen LogP contribution in [-0.4, -0.2) is 11.0 Å². The molecule has 0 aromatic heterocycles. The fraction of sp³-hybridized carbons (Fsp3) is 1.00. The van der Waals surface area contributed by atoms with Crippen LogP contribution in [0.2, 0.25) is 0 Å². The zero-order chi connectivity index (χ0) is 15.1. The molecule has 1 unspecified atom stereocenters. The van der Waals surface area contributed by atoms with Gasteiger partial charge in [-0.25, -0.2) is 4.39 Å². The summed E-state index contributed by atoms with van der Waals surface area (Å²) in [5.74, 6) is -1.91. The largest absolute Gasteiger partial charge is 0.362 e. The minimum absolute atomic E-state index is 0.318. The van der Waals surface area contributed by atoms with Crippen molar-refractivity contribution in [3.8, 4) is 0 Å². The first kappa shape index (κ1) is 19.9. The molecule has 1 nitrogen and oxygen atoms in total. The molecular formula is C18H37FO. The van der Waals surface area contributed by atoms with Crippen molar-refractivity contribution in [2.45, 2.75) is 116 Å². The Morgan fingerprint density at radius 3 is 1.35 bits per heavy atom. The van der Waals surface area contributed by atoms with Gasteiger partial charge in [0.2, 0.25) is 5.85 Å². The molecule has 122 valence electrons. The number of halogens is 1. The van der Waals surface area contributed by atoms with Crippen LogP contribution in [0.5, 0.6) is 0 Å². The summed E-state index contributed by atoms with van der Waals surface area (Å²) in [7, 11) is 0. The van der Waals surface area contributed by atoms with Crippen molar-refractivity contribution in [1.82, 2.24) is 0 Å². The van der Waals surface area contributed by atoms with E-state index in [1.54, 1.807) is 0 Å². The molecule has 0 aromatic rings. The summed E-state index contributed by atoms with van der Waals surface area (Å²) in [5.41, 5.74) is 0. The second-order valence-electron chi connectivity index (χ2n) is 6.31. The van der Waals surface area contributed by atoms with E-state index in [4.69, 9.17) is 0 Å². The zero-order valence-electron chi connectivity index (χ0n) is 13.9. The summed E-state index contributed by atoms with van der Waals surface area (Å²) in [4.78, 5) is 0. The van der Waals surface area contributed by atoms with Gasteiger partial charge in [-0.15, -0.1) is 0 Å². The first-order chi connectivity index (χ1) is 9.62. The predicted octanol–water partition coefficient (Wildman–Crippen LogP) is 6.54. The van der Waals surface area contributed by atoms with Crippen molar-refractivity contribution in [2.75, 3.05) is 0 Å². The van der Waals surface area contributed by atoms with E-state index in [9.17, 15) is 9.50 Å². The first-order valence-electron chi connectivity index (χ1n) is 9.03. The van der Waals surface area contributed by atoms with Gasteiger partial charge in [-0.3, -0.25) is 0 Å². The monoisotopic (exact) mass is 288 g/mol. The molecule has 0 aliphatic heterocycles. The standard InChI is InChI=1S/C18H37FO/c1-3-5-7-8-9-10-11-12-13-15-17-18(19,20)16-14-6-4-2/h20H,3-17H2,1-2H3. The summed E-state index contributed by atoms with van der Waals surface area (Å²) in [6.07, 6.45) is 16.0. The Balaban J connectivity index is 3.25. The van der Waals surface area contributed by atoms with Crippen molar-refractivity contribution < 1.29 is 9.50 Å². The van der Waals surface area contributed by atoms with Crippen LogP contribution in [0.1, 0.15) is 110 Å². The molecule has 0 radical (unpaired) electrons. The maximum absolute atomic E-state index is 13.7. The number of hydrogen-bond acceptors (Lipinski definition) is 1. The van der Waals surface area contributed by atoms with Gasteiger partial charge < -0.3 is 5.11 Å². The summed E-state index contributed by atoms with van der Waals surface area (Å²) in [6, 6.07) is 0. The molecule has 0 amide bonds. The lowest BCUT2D eigenvalue weighted by Gasteiger charge is -2.18. The van der Waals surface area contributed by atoms with E-state index in [-0.39, 0.29) is 0 Å². The maximum Gasteiger partial charge on any atom is 0.206 e. The van der Waals surface area contributed by atoms with E-state index < -0.39 is 5.85 Å². The van der Waals surface area contributed by atoms with E-state index >= 15 is 0 Å². The van der Waals surface area contributed by atoms with Crippen LogP contribution < -0.4 is 0 Å². The fourth-order valence-corrected chi connectivity index (χ4v) is 2.65. The molecule has 0 aliphatic rings. The third-order valence-electron chi connectivity index (χ3n) is 4.08. The van der Waals surface area contributed by atoms with Gasteiger partial charge in [-0.1, -0.05) is 84.5 Å². The highest BCUT2D eigenvalue weighted by Gasteiger charge is 2.23. The van der Waals surface area contributed by atoms with Gasteiger partial charge in [0.15, 0.2) is 0 Å². The molecule has 0 saturated carbocycles. The highest BCUT2D eigenvalue weighted by atomic mass is 19.2. The van der Waals surface area contributed by atoms with Crippen molar-refractivity contribution in [2.24, 2.45) is 0 Å². The minimum atomic E-state index is -1.91. The van der Waals surface area contributed by atoms with Crippen LogP contribution in [-0.2, 0) is 0 Å². The van der Waals surface area contributed by atoms with Crippen LogP contribution in [0.3, 0.4) is 0 Å². The Kier molecular flexibility index (Phi) is 13.8. The SMILES string of the molecule is CCCCCCCCCCCCC(O)(F)CCCCC. The third kappa shape index (κ3) is 14.3. The molecule has 0 saturated heterocycles. The van der Waals surface area contributed by atoms with Gasteiger partial charge in [0, 0.05) is 12.8 Å². The number of alkyl halides is 1. The van der Waals surface area contributed by atoms with Crippen LogP contribution in [0.4, 0.5) is 4.39 Å². The lowest BCUT2D eigenvalue weighted by molar-refractivity contribution is -0.103. The van der Waals surface area contributed by atoms with Gasteiger partial charge in [0.25, 0.3) is 0 Å². The Hall–Kier alpha value is -0.110. The lowest BCUT2D eigenvalue weighted by Crippen LogP contribution is -2.21. The molecule has 0 spiro atoms. The van der Waals surface area contributed by atoms with Crippen molar-refractivity contribution in [1.29, 1.82) is 0 Å². The highest BCUT2D eigenvalue weighted by molar-refractivity contribution is 4.65. The molecule has 0 bridgehead atoms. The normalized spacial score (nSPS) is 14.4. The van der Waals surface area contributed by atoms with E-state index in [0.29, 0.717) is 12.8 Å². The molecule has 0 fully saturated rings. The Morgan fingerprint density at radius 1 is 0.600 bits per heavy atom. The van der Waals surface area contributed by atoms with Gasteiger partial charge in [-0.2, -0.15) is 0 Å². The molecule has 0 rings (SSSR count). The average molecular weight is 288 g/mol. The van der Waals surface area contributed by atoms with Crippen LogP contribution >= 0.6 is 0 Å². The molecule has 0 aromatic carbocycles. The van der Waals surface area contributed by atoms with Crippen molar-refractivity contribution >= 4 is 0 Å². The number of hydrogen-bond donors (Lipinski definition) is 1. The van der Waals surface area contributed by atoms with E-state index in [1.807, 2.05) is 0 Å². The van der Waals surface area contributed by atoms with E-state index in [0.717, 1.165) is 32.1 Å². The van der Waals surface area contributed by atoms with Gasteiger partial charge in [0.05, 0.1) is 0 Å². The van der Waals surface area contributed by atoms with Crippen LogP contribution in [0, 0.1) is 0 Å². The summed E-state index contributed by atoms with van der Waals surface area (Å²) in [5, 5.41) is 9.60. The number of aliphatic hydroxyl groups is 1. The highest BCUT2D eigenvalue weighted by Crippen LogP contribution is 2.24.